The fourth-order valence-electron chi connectivity index (χ4n) is 2.71. The van der Waals surface area contributed by atoms with Crippen LogP contribution in [0.3, 0.4) is 0 Å². The van der Waals surface area contributed by atoms with Crippen LogP contribution in [-0.4, -0.2) is 15.5 Å². The molecule has 4 rings (SSSR count). The second kappa shape index (κ2) is 7.12. The van der Waals surface area contributed by atoms with E-state index in [9.17, 15) is 19.2 Å². The highest BCUT2D eigenvalue weighted by atomic mass is 32.1. The summed E-state index contributed by atoms with van der Waals surface area (Å²) in [6, 6.07) is 11.9. The second-order valence-electron chi connectivity index (χ2n) is 5.92. The Kier molecular flexibility index (Phi) is 4.50. The minimum absolute atomic E-state index is 0.0467. The number of para-hydroxylation sites is 1. The number of fused-ring (bicyclic) bond motifs is 1. The Bertz CT molecular complexity index is 1350. The first-order valence-corrected chi connectivity index (χ1v) is 9.10. The summed E-state index contributed by atoms with van der Waals surface area (Å²) in [6.07, 6.45) is 1.04. The number of hydrogen-bond donors (Lipinski definition) is 2. The van der Waals surface area contributed by atoms with E-state index in [-0.39, 0.29) is 17.8 Å². The van der Waals surface area contributed by atoms with E-state index in [1.807, 2.05) is 5.38 Å². The third-order valence-corrected chi connectivity index (χ3v) is 4.95. The molecule has 4 aromatic rings. The summed E-state index contributed by atoms with van der Waals surface area (Å²) in [5.74, 6) is -0.816. The number of amides is 1. The van der Waals surface area contributed by atoms with Gasteiger partial charge in [-0.3, -0.25) is 14.2 Å². The van der Waals surface area contributed by atoms with Crippen LogP contribution in [-0.2, 0) is 6.54 Å². The Hall–Kier alpha value is -3.72. The summed E-state index contributed by atoms with van der Waals surface area (Å²) in [4.78, 5) is 52.5. The molecule has 3 aromatic heterocycles. The molecule has 0 aliphatic carbocycles. The Morgan fingerprint density at radius 1 is 1.14 bits per heavy atom. The maximum absolute atomic E-state index is 12.6. The number of carbonyl (C=O) groups excluding carboxylic acids is 1. The van der Waals surface area contributed by atoms with E-state index in [4.69, 9.17) is 4.42 Å². The number of anilines is 1. The third kappa shape index (κ3) is 3.30. The molecule has 0 aliphatic rings. The fraction of sp³-hybridized carbons (Fsp3) is 0.0526. The number of aromatic amines is 1. The van der Waals surface area contributed by atoms with Crippen molar-refractivity contribution in [2.24, 2.45) is 0 Å². The van der Waals surface area contributed by atoms with Gasteiger partial charge < -0.3 is 14.7 Å². The highest BCUT2D eigenvalue weighted by Crippen LogP contribution is 2.15. The van der Waals surface area contributed by atoms with Crippen molar-refractivity contribution in [2.75, 3.05) is 5.32 Å². The predicted molar refractivity (Wildman–Crippen MR) is 105 cm³/mol. The number of benzene rings is 1. The molecule has 28 heavy (non-hydrogen) atoms. The Morgan fingerprint density at radius 2 is 1.96 bits per heavy atom. The van der Waals surface area contributed by atoms with Crippen LogP contribution in [0.1, 0.15) is 15.2 Å². The van der Waals surface area contributed by atoms with Crippen LogP contribution in [0.15, 0.2) is 72.8 Å². The van der Waals surface area contributed by atoms with E-state index in [1.165, 1.54) is 17.4 Å². The summed E-state index contributed by atoms with van der Waals surface area (Å²) in [5, 5.41) is 4.83. The van der Waals surface area contributed by atoms with Gasteiger partial charge in [-0.25, -0.2) is 9.59 Å². The maximum Gasteiger partial charge on any atom is 0.360 e. The summed E-state index contributed by atoms with van der Waals surface area (Å²) < 4.78 is 6.10. The third-order valence-electron chi connectivity index (χ3n) is 4.09. The number of H-pyrrole nitrogens is 1. The molecule has 3 heterocycles. The van der Waals surface area contributed by atoms with Crippen LogP contribution in [0, 0.1) is 0 Å². The van der Waals surface area contributed by atoms with Crippen molar-refractivity contribution in [3.8, 4) is 0 Å². The molecule has 2 N–H and O–H groups in total. The van der Waals surface area contributed by atoms with Gasteiger partial charge >= 0.3 is 11.3 Å². The number of rotatable bonds is 4. The molecule has 140 valence electrons. The molecule has 0 spiro atoms. The van der Waals surface area contributed by atoms with Gasteiger partial charge in [0.25, 0.3) is 11.5 Å². The smallest absolute Gasteiger partial charge is 0.360 e. The second-order valence-corrected chi connectivity index (χ2v) is 6.95. The van der Waals surface area contributed by atoms with Crippen LogP contribution < -0.4 is 22.2 Å². The minimum atomic E-state index is -0.816. The summed E-state index contributed by atoms with van der Waals surface area (Å²) in [7, 11) is 0. The van der Waals surface area contributed by atoms with Gasteiger partial charge in [0.1, 0.15) is 16.8 Å². The van der Waals surface area contributed by atoms with E-state index in [0.29, 0.717) is 11.0 Å². The quantitative estimate of drug-likeness (QED) is 0.513. The average Bonchev–Trinajstić information content (AvgIpc) is 3.19. The Labute approximate surface area is 160 Å². The number of aromatic nitrogens is 2. The van der Waals surface area contributed by atoms with Crippen LogP contribution in [0.5, 0.6) is 0 Å². The van der Waals surface area contributed by atoms with Crippen LogP contribution in [0.4, 0.5) is 5.69 Å². The lowest BCUT2D eigenvalue weighted by molar-refractivity contribution is 0.102. The highest BCUT2D eigenvalue weighted by molar-refractivity contribution is 7.09. The SMILES string of the molecule is O=C(Nc1cc2ccccc2oc1=O)c1c[nH]c(=O)n(Cc2cccs2)c1=O. The molecular weight excluding hydrogens is 382 g/mol. The van der Waals surface area contributed by atoms with Gasteiger partial charge in [-0.05, 0) is 23.6 Å². The van der Waals surface area contributed by atoms with E-state index < -0.39 is 22.8 Å². The summed E-state index contributed by atoms with van der Waals surface area (Å²) in [6.45, 7) is 0.0467. The average molecular weight is 395 g/mol. The molecule has 0 bridgehead atoms. The first-order chi connectivity index (χ1) is 13.5. The van der Waals surface area contributed by atoms with Crippen molar-refractivity contribution in [2.45, 2.75) is 6.54 Å². The topological polar surface area (TPSA) is 114 Å². The van der Waals surface area contributed by atoms with Crippen molar-refractivity contribution < 1.29 is 9.21 Å². The Balaban J connectivity index is 1.69. The van der Waals surface area contributed by atoms with Crippen LogP contribution >= 0.6 is 11.3 Å². The van der Waals surface area contributed by atoms with Gasteiger partial charge in [0.2, 0.25) is 0 Å². The zero-order valence-electron chi connectivity index (χ0n) is 14.3. The van der Waals surface area contributed by atoms with Gasteiger partial charge in [0.15, 0.2) is 0 Å². The zero-order chi connectivity index (χ0) is 19.7. The highest BCUT2D eigenvalue weighted by Gasteiger charge is 2.17. The summed E-state index contributed by atoms with van der Waals surface area (Å²) in [5.41, 5.74) is -2.12. The molecule has 0 atom stereocenters. The maximum atomic E-state index is 12.6. The fourth-order valence-corrected chi connectivity index (χ4v) is 3.41. The number of thiophene rings is 1. The normalized spacial score (nSPS) is 10.9. The minimum Gasteiger partial charge on any atom is -0.421 e. The van der Waals surface area contributed by atoms with Crippen LogP contribution in [0.2, 0.25) is 0 Å². The molecule has 0 radical (unpaired) electrons. The molecule has 0 aliphatic heterocycles. The van der Waals surface area contributed by atoms with Crippen molar-refractivity contribution in [3.63, 3.8) is 0 Å². The van der Waals surface area contributed by atoms with Crippen molar-refractivity contribution >= 4 is 33.9 Å². The molecule has 0 fully saturated rings. The van der Waals surface area contributed by atoms with E-state index in [1.54, 1.807) is 36.4 Å². The van der Waals surface area contributed by atoms with Gasteiger partial charge in [0.05, 0.1) is 6.54 Å². The largest absolute Gasteiger partial charge is 0.421 e. The molecule has 1 aromatic carbocycles. The Morgan fingerprint density at radius 3 is 2.75 bits per heavy atom. The van der Waals surface area contributed by atoms with Crippen molar-refractivity contribution in [1.29, 1.82) is 0 Å². The molecule has 9 heteroatoms. The zero-order valence-corrected chi connectivity index (χ0v) is 15.1. The molecule has 0 unspecified atom stereocenters. The van der Waals surface area contributed by atoms with E-state index >= 15 is 0 Å². The van der Waals surface area contributed by atoms with E-state index in [0.717, 1.165) is 15.6 Å². The lowest BCUT2D eigenvalue weighted by atomic mass is 10.2. The van der Waals surface area contributed by atoms with Crippen molar-refractivity contribution in [1.82, 2.24) is 9.55 Å². The van der Waals surface area contributed by atoms with E-state index in [2.05, 4.69) is 10.3 Å². The predicted octanol–water partition coefficient (Wildman–Crippen LogP) is 2.01. The molecule has 1 amide bonds. The standard InChI is InChI=1S/C19H13N3O5S/c23-16(21-14-8-11-4-1-2-6-15(11)27-18(14)25)13-9-20-19(26)22(17(13)24)10-12-5-3-7-28-12/h1-9H,10H2,(H,20,26)(H,21,23). The lowest BCUT2D eigenvalue weighted by Crippen LogP contribution is -2.39. The first-order valence-electron chi connectivity index (χ1n) is 8.22. The molecule has 8 nitrogen and oxygen atoms in total. The molecule has 0 saturated heterocycles. The summed E-state index contributed by atoms with van der Waals surface area (Å²) >= 11 is 1.39. The number of carbonyl (C=O) groups is 1. The number of hydrogen-bond acceptors (Lipinski definition) is 6. The van der Waals surface area contributed by atoms with Gasteiger partial charge in [0, 0.05) is 16.5 Å². The van der Waals surface area contributed by atoms with Crippen LogP contribution in [0.25, 0.3) is 11.0 Å². The first kappa shape index (κ1) is 17.7. The number of nitrogens with one attached hydrogen (secondary N) is 2. The number of nitrogens with zero attached hydrogens (tertiary/aromatic N) is 1. The van der Waals surface area contributed by atoms with Crippen molar-refractivity contribution in [3.05, 3.63) is 95.7 Å². The molecular formula is C19H13N3O5S. The monoisotopic (exact) mass is 395 g/mol. The molecule has 0 saturated carbocycles. The van der Waals surface area contributed by atoms with Gasteiger partial charge in [-0.2, -0.15) is 0 Å². The van der Waals surface area contributed by atoms with Gasteiger partial charge in [-0.1, -0.05) is 24.3 Å². The lowest BCUT2D eigenvalue weighted by Gasteiger charge is -2.07. The van der Waals surface area contributed by atoms with Gasteiger partial charge in [-0.15, -0.1) is 11.3 Å².